The molecule has 0 aromatic carbocycles. The molecule has 1 aliphatic heterocycles. The first-order valence-electron chi connectivity index (χ1n) is 7.27. The van der Waals surface area contributed by atoms with E-state index in [2.05, 4.69) is 22.7 Å². The van der Waals surface area contributed by atoms with E-state index >= 15 is 0 Å². The molecule has 1 fully saturated rings. The molecule has 1 aliphatic carbocycles. The zero-order valence-electron chi connectivity index (χ0n) is 11.8. The highest BCUT2D eigenvalue weighted by Gasteiger charge is 2.38. The minimum absolute atomic E-state index is 0.0631. The quantitative estimate of drug-likeness (QED) is 0.817. The highest BCUT2D eigenvalue weighted by Crippen LogP contribution is 2.40. The normalized spacial score (nSPS) is 21.5. The average molecular weight is 262 g/mol. The van der Waals surface area contributed by atoms with Crippen LogP contribution in [-0.4, -0.2) is 21.2 Å². The summed E-state index contributed by atoms with van der Waals surface area (Å²) in [5.41, 5.74) is 1.79. The van der Waals surface area contributed by atoms with Crippen LogP contribution in [0.3, 0.4) is 0 Å². The monoisotopic (exact) mass is 262 g/mol. The fourth-order valence-electron chi connectivity index (χ4n) is 3.42. The van der Waals surface area contributed by atoms with Crippen molar-refractivity contribution in [1.29, 1.82) is 0 Å². The zero-order chi connectivity index (χ0) is 13.5. The topological polar surface area (TPSA) is 59.0 Å². The lowest BCUT2D eigenvalue weighted by atomic mass is 9.79. The van der Waals surface area contributed by atoms with Gasteiger partial charge in [-0.2, -0.15) is 5.10 Å². The van der Waals surface area contributed by atoms with Gasteiger partial charge in [0.2, 0.25) is 5.91 Å². The molecule has 2 heterocycles. The lowest BCUT2D eigenvalue weighted by Gasteiger charge is -2.37. The Morgan fingerprint density at radius 1 is 1.32 bits per heavy atom. The van der Waals surface area contributed by atoms with Crippen LogP contribution >= 0.6 is 0 Å². The number of fused-ring (bicyclic) bond motifs is 1. The van der Waals surface area contributed by atoms with Gasteiger partial charge in [0.25, 0.3) is 0 Å². The average Bonchev–Trinajstić information content (AvgIpc) is 2.59. The number of nitrogens with zero attached hydrogens (tertiary/aromatic N) is 2. The highest BCUT2D eigenvalue weighted by atomic mass is 16.1. The molecule has 0 atom stereocenters. The van der Waals surface area contributed by atoms with Gasteiger partial charge in [-0.15, -0.1) is 0 Å². The second-order valence-electron chi connectivity index (χ2n) is 5.84. The predicted molar refractivity (Wildman–Crippen MR) is 75.3 cm³/mol. The SMILES string of the molecule is CCc1nn(C)c2c1NC(=O)CC1(CCCCC1)N2. The number of aromatic nitrogens is 2. The van der Waals surface area contributed by atoms with Gasteiger partial charge in [-0.3, -0.25) is 9.48 Å². The molecular formula is C14H22N4O. The van der Waals surface area contributed by atoms with Crippen molar-refractivity contribution in [3.05, 3.63) is 5.69 Å². The van der Waals surface area contributed by atoms with Crippen LogP contribution in [0.1, 0.15) is 51.1 Å². The molecule has 0 radical (unpaired) electrons. The maximum absolute atomic E-state index is 12.2. The predicted octanol–water partition coefficient (Wildman–Crippen LogP) is 2.44. The first-order chi connectivity index (χ1) is 9.13. The Hall–Kier alpha value is -1.52. The van der Waals surface area contributed by atoms with E-state index in [-0.39, 0.29) is 11.4 Å². The second-order valence-corrected chi connectivity index (χ2v) is 5.84. The highest BCUT2D eigenvalue weighted by molar-refractivity contribution is 5.97. The van der Waals surface area contributed by atoms with Gasteiger partial charge < -0.3 is 10.6 Å². The minimum atomic E-state index is -0.0631. The van der Waals surface area contributed by atoms with E-state index in [0.29, 0.717) is 6.42 Å². The first kappa shape index (κ1) is 12.5. The third-order valence-electron chi connectivity index (χ3n) is 4.41. The number of amides is 1. The maximum atomic E-state index is 12.2. The van der Waals surface area contributed by atoms with Crippen LogP contribution in [0.2, 0.25) is 0 Å². The number of hydrogen-bond acceptors (Lipinski definition) is 3. The number of rotatable bonds is 1. The second kappa shape index (κ2) is 4.54. The fourth-order valence-corrected chi connectivity index (χ4v) is 3.42. The molecule has 5 nitrogen and oxygen atoms in total. The summed E-state index contributed by atoms with van der Waals surface area (Å²) in [6.45, 7) is 2.07. The van der Waals surface area contributed by atoms with Gasteiger partial charge in [-0.05, 0) is 19.3 Å². The molecule has 104 valence electrons. The Morgan fingerprint density at radius 3 is 2.74 bits per heavy atom. The Balaban J connectivity index is 2.01. The van der Waals surface area contributed by atoms with Crippen LogP contribution in [0.25, 0.3) is 0 Å². The van der Waals surface area contributed by atoms with Gasteiger partial charge in [0.15, 0.2) is 0 Å². The molecule has 1 amide bonds. The van der Waals surface area contributed by atoms with Crippen LogP contribution in [0.4, 0.5) is 11.5 Å². The van der Waals surface area contributed by atoms with Gasteiger partial charge in [-0.1, -0.05) is 26.2 Å². The molecule has 0 saturated heterocycles. The van der Waals surface area contributed by atoms with E-state index in [1.807, 2.05) is 11.7 Å². The summed E-state index contributed by atoms with van der Waals surface area (Å²) in [7, 11) is 1.94. The van der Waals surface area contributed by atoms with Gasteiger partial charge in [0, 0.05) is 19.0 Å². The summed E-state index contributed by atoms with van der Waals surface area (Å²) in [6, 6.07) is 0. The summed E-state index contributed by atoms with van der Waals surface area (Å²) in [6.07, 6.45) is 7.24. The molecule has 3 rings (SSSR count). The Morgan fingerprint density at radius 2 is 2.05 bits per heavy atom. The standard InChI is InChI=1S/C14H22N4O/c1-3-10-12-13(18(2)17-10)16-14(9-11(19)15-12)7-5-4-6-8-14/h16H,3-9H2,1-2H3,(H,15,19). The first-order valence-corrected chi connectivity index (χ1v) is 7.27. The molecule has 1 saturated carbocycles. The van der Waals surface area contributed by atoms with Crippen molar-refractivity contribution < 1.29 is 4.79 Å². The molecule has 2 aliphatic rings. The van der Waals surface area contributed by atoms with Crippen LogP contribution < -0.4 is 10.6 Å². The Bertz CT molecular complexity index is 500. The lowest BCUT2D eigenvalue weighted by molar-refractivity contribution is -0.117. The summed E-state index contributed by atoms with van der Waals surface area (Å²) < 4.78 is 1.87. The molecule has 1 aromatic heterocycles. The van der Waals surface area contributed by atoms with Gasteiger partial charge in [0.05, 0.1) is 5.69 Å². The number of anilines is 2. The van der Waals surface area contributed by atoms with E-state index < -0.39 is 0 Å². The zero-order valence-corrected chi connectivity index (χ0v) is 11.8. The summed E-state index contributed by atoms with van der Waals surface area (Å²) in [4.78, 5) is 12.2. The smallest absolute Gasteiger partial charge is 0.226 e. The molecule has 5 heteroatoms. The number of carbonyl (C=O) groups is 1. The number of carbonyl (C=O) groups excluding carboxylic acids is 1. The van der Waals surface area contributed by atoms with E-state index in [9.17, 15) is 4.79 Å². The van der Waals surface area contributed by atoms with E-state index in [1.54, 1.807) is 0 Å². The largest absolute Gasteiger partial charge is 0.363 e. The molecule has 0 bridgehead atoms. The maximum Gasteiger partial charge on any atom is 0.226 e. The Labute approximate surface area is 113 Å². The summed E-state index contributed by atoms with van der Waals surface area (Å²) >= 11 is 0. The van der Waals surface area contributed by atoms with Crippen molar-refractivity contribution >= 4 is 17.4 Å². The molecule has 2 N–H and O–H groups in total. The number of hydrogen-bond donors (Lipinski definition) is 2. The molecule has 19 heavy (non-hydrogen) atoms. The van der Waals surface area contributed by atoms with E-state index in [0.717, 1.165) is 36.5 Å². The summed E-state index contributed by atoms with van der Waals surface area (Å²) in [5.74, 6) is 1.10. The van der Waals surface area contributed by atoms with Crippen molar-refractivity contribution in [2.24, 2.45) is 7.05 Å². The van der Waals surface area contributed by atoms with Crippen molar-refractivity contribution in [2.45, 2.75) is 57.4 Å². The number of nitrogens with one attached hydrogen (secondary N) is 2. The van der Waals surface area contributed by atoms with Crippen molar-refractivity contribution in [2.75, 3.05) is 10.6 Å². The molecular weight excluding hydrogens is 240 g/mol. The molecule has 0 unspecified atom stereocenters. The van der Waals surface area contributed by atoms with Crippen LogP contribution in [0.5, 0.6) is 0 Å². The number of aryl methyl sites for hydroxylation is 2. The van der Waals surface area contributed by atoms with Gasteiger partial charge in [-0.25, -0.2) is 0 Å². The van der Waals surface area contributed by atoms with Crippen LogP contribution in [0, 0.1) is 0 Å². The van der Waals surface area contributed by atoms with Crippen LogP contribution in [-0.2, 0) is 18.3 Å². The fraction of sp³-hybridized carbons (Fsp3) is 0.714. The van der Waals surface area contributed by atoms with E-state index in [4.69, 9.17) is 0 Å². The third-order valence-corrected chi connectivity index (χ3v) is 4.41. The van der Waals surface area contributed by atoms with Gasteiger partial charge in [0.1, 0.15) is 11.5 Å². The Kier molecular flexibility index (Phi) is 2.99. The van der Waals surface area contributed by atoms with Gasteiger partial charge >= 0.3 is 0 Å². The minimum Gasteiger partial charge on any atom is -0.363 e. The van der Waals surface area contributed by atoms with E-state index in [1.165, 1.54) is 19.3 Å². The van der Waals surface area contributed by atoms with Crippen LogP contribution in [0.15, 0.2) is 0 Å². The third kappa shape index (κ3) is 2.11. The van der Waals surface area contributed by atoms with Crippen molar-refractivity contribution in [3.8, 4) is 0 Å². The lowest BCUT2D eigenvalue weighted by Crippen LogP contribution is -2.42. The van der Waals surface area contributed by atoms with Crippen molar-refractivity contribution in [1.82, 2.24) is 9.78 Å². The van der Waals surface area contributed by atoms with Crippen molar-refractivity contribution in [3.63, 3.8) is 0 Å². The summed E-state index contributed by atoms with van der Waals surface area (Å²) in [5, 5.41) is 11.2. The molecule has 1 aromatic rings. The molecule has 1 spiro atoms.